The van der Waals surface area contributed by atoms with Gasteiger partial charge in [0.25, 0.3) is 0 Å². The van der Waals surface area contributed by atoms with Crippen LogP contribution in [-0.2, 0) is 30.5 Å². The molecule has 3 rings (SSSR count). The molecule has 0 aliphatic rings. The molecule has 40 heavy (non-hydrogen) atoms. The minimum atomic E-state index is -0.390. The van der Waals surface area contributed by atoms with Gasteiger partial charge in [-0.1, -0.05) is 78.4 Å². The van der Waals surface area contributed by atoms with Crippen molar-refractivity contribution in [1.29, 1.82) is 0 Å². The van der Waals surface area contributed by atoms with Crippen molar-refractivity contribution in [2.75, 3.05) is 27.2 Å². The van der Waals surface area contributed by atoms with Crippen molar-refractivity contribution < 1.29 is 9.90 Å². The van der Waals surface area contributed by atoms with E-state index >= 15 is 0 Å². The number of amides is 1. The van der Waals surface area contributed by atoms with Crippen molar-refractivity contribution in [2.45, 2.75) is 77.2 Å². The molecule has 0 saturated carbocycles. The monoisotopic (exact) mass is 545 g/mol. The number of unbranched alkanes of at least 4 members (excludes halogenated alkanes) is 1. The number of nitrogens with two attached hydrogens (primary N) is 2. The lowest BCUT2D eigenvalue weighted by molar-refractivity contribution is -0.128. The highest BCUT2D eigenvalue weighted by atomic mass is 16.3. The van der Waals surface area contributed by atoms with Gasteiger partial charge in [-0.3, -0.25) is 4.79 Å². The highest BCUT2D eigenvalue weighted by molar-refractivity contribution is 5.75. The Kier molecular flexibility index (Phi) is 15.9. The van der Waals surface area contributed by atoms with Crippen molar-refractivity contribution in [2.24, 2.45) is 11.5 Å². The van der Waals surface area contributed by atoms with Crippen LogP contribution in [-0.4, -0.2) is 43.1 Å². The van der Waals surface area contributed by atoms with E-state index in [1.165, 1.54) is 27.8 Å². The second-order valence-electron chi connectivity index (χ2n) is 10.9. The first-order valence-corrected chi connectivity index (χ1v) is 14.8. The molecule has 5 nitrogen and oxygen atoms in total. The summed E-state index contributed by atoms with van der Waals surface area (Å²) in [6.07, 6.45) is 9.15. The number of rotatable bonds is 15. The highest BCUT2D eigenvalue weighted by Gasteiger charge is 2.08. The number of aliphatic hydroxyl groups is 1. The standard InChI is InChI=1S/C19H25NO.C16H26N2O/c1-15-7-10-18(11-8-15)19(21)12-9-17-5-2-4-16(14-17)6-3-13-20;1-18(2)16(19)11-4-3-7-14-8-5-9-15(13-14)10-6-12-17/h2,4-5,7-8,10-11,14,19,21H,3,6,9,12-13,20H2,1H3;5,8-9,13H,3-4,6-7,10-12,17H2,1-2H3/t19-;/m1./s1. The van der Waals surface area contributed by atoms with Crippen LogP contribution in [0, 0.1) is 6.92 Å². The zero-order valence-corrected chi connectivity index (χ0v) is 24.9. The maximum atomic E-state index is 11.4. The molecular weight excluding hydrogens is 494 g/mol. The summed E-state index contributed by atoms with van der Waals surface area (Å²) < 4.78 is 0. The average Bonchev–Trinajstić information content (AvgIpc) is 2.97. The van der Waals surface area contributed by atoms with Gasteiger partial charge in [-0.15, -0.1) is 0 Å². The number of carbonyl (C=O) groups is 1. The number of carbonyl (C=O) groups excluding carboxylic acids is 1. The lowest BCUT2D eigenvalue weighted by Crippen LogP contribution is -2.21. The van der Waals surface area contributed by atoms with Crippen LogP contribution in [0.15, 0.2) is 72.8 Å². The molecule has 3 aromatic rings. The number of hydrogen-bond acceptors (Lipinski definition) is 4. The van der Waals surface area contributed by atoms with E-state index in [1.807, 2.05) is 38.4 Å². The average molecular weight is 546 g/mol. The Hall–Kier alpha value is -2.99. The van der Waals surface area contributed by atoms with E-state index in [-0.39, 0.29) is 5.91 Å². The third-order valence-corrected chi connectivity index (χ3v) is 7.10. The normalized spacial score (nSPS) is 11.4. The molecule has 0 bridgehead atoms. The van der Waals surface area contributed by atoms with Crippen LogP contribution in [0.3, 0.4) is 0 Å². The third-order valence-electron chi connectivity index (χ3n) is 7.10. The van der Waals surface area contributed by atoms with Gasteiger partial charge in [0, 0.05) is 20.5 Å². The van der Waals surface area contributed by atoms with E-state index in [2.05, 4.69) is 55.5 Å². The van der Waals surface area contributed by atoms with Crippen LogP contribution in [0.2, 0.25) is 0 Å². The summed E-state index contributed by atoms with van der Waals surface area (Å²) in [6, 6.07) is 25.4. The molecular formula is C35H51N3O2. The quantitative estimate of drug-likeness (QED) is 0.206. The van der Waals surface area contributed by atoms with E-state index in [4.69, 9.17) is 11.5 Å². The van der Waals surface area contributed by atoms with Gasteiger partial charge in [0.15, 0.2) is 0 Å². The van der Waals surface area contributed by atoms with Gasteiger partial charge in [-0.2, -0.15) is 0 Å². The summed E-state index contributed by atoms with van der Waals surface area (Å²) in [6.45, 7) is 3.54. The molecule has 0 radical (unpaired) electrons. The fourth-order valence-electron chi connectivity index (χ4n) is 4.58. The summed E-state index contributed by atoms with van der Waals surface area (Å²) in [4.78, 5) is 13.1. The minimum Gasteiger partial charge on any atom is -0.388 e. The van der Waals surface area contributed by atoms with Crippen molar-refractivity contribution in [3.05, 3.63) is 106 Å². The molecule has 0 aliphatic heterocycles. The Morgan fingerprint density at radius 1 is 0.725 bits per heavy atom. The van der Waals surface area contributed by atoms with Gasteiger partial charge in [0.05, 0.1) is 6.10 Å². The molecule has 0 saturated heterocycles. The molecule has 0 aromatic heterocycles. The first-order valence-electron chi connectivity index (χ1n) is 14.8. The Morgan fingerprint density at radius 2 is 1.20 bits per heavy atom. The smallest absolute Gasteiger partial charge is 0.222 e. The molecule has 0 fully saturated rings. The highest BCUT2D eigenvalue weighted by Crippen LogP contribution is 2.20. The molecule has 5 heteroatoms. The molecule has 3 aromatic carbocycles. The number of hydrogen-bond donors (Lipinski definition) is 3. The third kappa shape index (κ3) is 13.4. The predicted octanol–water partition coefficient (Wildman–Crippen LogP) is 5.93. The minimum absolute atomic E-state index is 0.219. The first-order chi connectivity index (χ1) is 19.3. The summed E-state index contributed by atoms with van der Waals surface area (Å²) in [5.74, 6) is 0.219. The van der Waals surface area contributed by atoms with E-state index in [0.29, 0.717) is 6.42 Å². The fraction of sp³-hybridized carbons (Fsp3) is 0.457. The second kappa shape index (κ2) is 19.1. The number of nitrogens with zero attached hydrogens (tertiary/aromatic N) is 1. The summed E-state index contributed by atoms with van der Waals surface area (Å²) >= 11 is 0. The summed E-state index contributed by atoms with van der Waals surface area (Å²) in [7, 11) is 3.62. The van der Waals surface area contributed by atoms with E-state index in [1.54, 1.807) is 4.90 Å². The molecule has 0 unspecified atom stereocenters. The Bertz CT molecular complexity index is 1110. The van der Waals surface area contributed by atoms with Gasteiger partial charge >= 0.3 is 0 Å². The summed E-state index contributed by atoms with van der Waals surface area (Å²) in [5.41, 5.74) is 18.7. The Morgan fingerprint density at radius 3 is 1.68 bits per heavy atom. The van der Waals surface area contributed by atoms with E-state index in [0.717, 1.165) is 76.4 Å². The first kappa shape index (κ1) is 33.2. The van der Waals surface area contributed by atoms with E-state index in [9.17, 15) is 9.90 Å². The van der Waals surface area contributed by atoms with Crippen molar-refractivity contribution in [3.8, 4) is 0 Å². The molecule has 5 N–H and O–H groups in total. The van der Waals surface area contributed by atoms with Crippen molar-refractivity contribution in [3.63, 3.8) is 0 Å². The Balaban J connectivity index is 0.000000282. The molecule has 1 atom stereocenters. The fourth-order valence-corrected chi connectivity index (χ4v) is 4.58. The van der Waals surface area contributed by atoms with E-state index < -0.39 is 6.10 Å². The molecule has 218 valence electrons. The Labute approximate surface area is 242 Å². The second-order valence-corrected chi connectivity index (χ2v) is 10.9. The lowest BCUT2D eigenvalue weighted by Gasteiger charge is -2.12. The number of aryl methyl sites for hydroxylation is 5. The molecule has 1 amide bonds. The number of benzene rings is 3. The number of aliphatic hydroxyl groups excluding tert-OH is 1. The van der Waals surface area contributed by atoms with Crippen LogP contribution in [0.4, 0.5) is 0 Å². The van der Waals surface area contributed by atoms with Crippen molar-refractivity contribution in [1.82, 2.24) is 4.90 Å². The van der Waals surface area contributed by atoms with Crippen LogP contribution in [0.1, 0.15) is 78.0 Å². The van der Waals surface area contributed by atoms with Crippen molar-refractivity contribution >= 4 is 5.91 Å². The van der Waals surface area contributed by atoms with Gasteiger partial charge in [0.1, 0.15) is 0 Å². The molecule has 0 heterocycles. The largest absolute Gasteiger partial charge is 0.388 e. The molecule has 0 spiro atoms. The zero-order valence-electron chi connectivity index (χ0n) is 24.9. The maximum absolute atomic E-state index is 11.4. The van der Waals surface area contributed by atoms with Gasteiger partial charge in [0.2, 0.25) is 5.91 Å². The lowest BCUT2D eigenvalue weighted by atomic mass is 9.98. The maximum Gasteiger partial charge on any atom is 0.222 e. The topological polar surface area (TPSA) is 92.6 Å². The predicted molar refractivity (Wildman–Crippen MR) is 168 cm³/mol. The summed E-state index contributed by atoms with van der Waals surface area (Å²) in [5, 5.41) is 10.3. The molecule has 0 aliphatic carbocycles. The van der Waals surface area contributed by atoms with Gasteiger partial charge < -0.3 is 21.5 Å². The van der Waals surface area contributed by atoms with Crippen LogP contribution < -0.4 is 11.5 Å². The van der Waals surface area contributed by atoms with Gasteiger partial charge in [-0.05, 0) is 106 Å². The van der Waals surface area contributed by atoms with Gasteiger partial charge in [-0.25, -0.2) is 0 Å². The van der Waals surface area contributed by atoms with Crippen LogP contribution in [0.5, 0.6) is 0 Å². The SMILES string of the molecule is CN(C)C(=O)CCCCc1cccc(CCCN)c1.Cc1ccc([C@H](O)CCc2cccc(CCCN)c2)cc1. The zero-order chi connectivity index (χ0) is 29.2. The van der Waals surface area contributed by atoms with Crippen LogP contribution in [0.25, 0.3) is 0 Å². The van der Waals surface area contributed by atoms with Crippen LogP contribution >= 0.6 is 0 Å².